The molecule has 1 rings (SSSR count). The number of nitrogens with zero attached hydrogens (tertiary/aromatic N) is 1. The summed E-state index contributed by atoms with van der Waals surface area (Å²) in [5, 5.41) is 8.92. The molecule has 0 bridgehead atoms. The third-order valence-electron chi connectivity index (χ3n) is 2.07. The summed E-state index contributed by atoms with van der Waals surface area (Å²) in [5.74, 6) is 0. The summed E-state index contributed by atoms with van der Waals surface area (Å²) in [4.78, 5) is 0.247. The Kier molecular flexibility index (Phi) is 6.07. The number of thiophene rings is 1. The van der Waals surface area contributed by atoms with Crippen LogP contribution in [0.5, 0.6) is 0 Å². The second-order valence-electron chi connectivity index (χ2n) is 3.32. The van der Waals surface area contributed by atoms with Crippen molar-refractivity contribution in [3.05, 3.63) is 13.6 Å². The van der Waals surface area contributed by atoms with E-state index in [0.29, 0.717) is 16.8 Å². The molecule has 1 heterocycles. The van der Waals surface area contributed by atoms with Gasteiger partial charge in [0.15, 0.2) is 0 Å². The van der Waals surface area contributed by atoms with Crippen molar-refractivity contribution in [3.8, 4) is 0 Å². The normalized spacial score (nSPS) is 12.3. The average molecular weight is 407 g/mol. The van der Waals surface area contributed by atoms with E-state index >= 15 is 0 Å². The number of rotatable bonds is 6. The molecule has 0 amide bonds. The molecule has 0 radical (unpaired) electrons. The topological polar surface area (TPSA) is 57.6 Å². The fourth-order valence-electron chi connectivity index (χ4n) is 1.35. The fourth-order valence-corrected chi connectivity index (χ4v) is 6.64. The highest BCUT2D eigenvalue weighted by Crippen LogP contribution is 2.36. The van der Waals surface area contributed by atoms with Crippen molar-refractivity contribution >= 4 is 53.2 Å². The molecule has 0 aliphatic heterocycles. The molecule has 0 fully saturated rings. The number of hydrogen-bond acceptors (Lipinski definition) is 4. The van der Waals surface area contributed by atoms with Crippen molar-refractivity contribution in [2.75, 3.05) is 19.7 Å². The van der Waals surface area contributed by atoms with Gasteiger partial charge in [-0.05, 0) is 44.3 Å². The van der Waals surface area contributed by atoms with Crippen LogP contribution in [0.2, 0.25) is 0 Å². The Hall–Kier alpha value is 0.530. The molecule has 1 aromatic heterocycles. The molecule has 1 N–H and O–H groups in total. The zero-order chi connectivity index (χ0) is 13.1. The number of hydrogen-bond donors (Lipinski definition) is 1. The Labute approximate surface area is 122 Å². The molecule has 0 saturated heterocycles. The molecule has 0 saturated carbocycles. The molecule has 17 heavy (non-hydrogen) atoms. The minimum atomic E-state index is -3.53. The molecule has 0 aliphatic carbocycles. The Morgan fingerprint density at radius 2 is 2.06 bits per heavy atom. The van der Waals surface area contributed by atoms with Gasteiger partial charge in [0.05, 0.1) is 14.2 Å². The van der Waals surface area contributed by atoms with Crippen molar-refractivity contribution in [2.45, 2.75) is 18.2 Å². The van der Waals surface area contributed by atoms with Crippen molar-refractivity contribution in [3.63, 3.8) is 0 Å². The van der Waals surface area contributed by atoms with Crippen LogP contribution < -0.4 is 0 Å². The Morgan fingerprint density at radius 3 is 2.47 bits per heavy atom. The van der Waals surface area contributed by atoms with Crippen LogP contribution in [0, 0.1) is 0 Å². The summed E-state index contributed by atoms with van der Waals surface area (Å²) in [6.45, 7) is 2.25. The Bertz CT molecular complexity index is 467. The number of aliphatic hydroxyl groups is 1. The van der Waals surface area contributed by atoms with Gasteiger partial charge in [-0.25, -0.2) is 8.42 Å². The maximum Gasteiger partial charge on any atom is 0.245 e. The van der Waals surface area contributed by atoms with Gasteiger partial charge >= 0.3 is 0 Å². The lowest BCUT2D eigenvalue weighted by molar-refractivity contribution is 0.253. The van der Waals surface area contributed by atoms with Crippen molar-refractivity contribution in [1.29, 1.82) is 0 Å². The second-order valence-corrected chi connectivity index (χ2v) is 8.97. The van der Waals surface area contributed by atoms with E-state index in [2.05, 4.69) is 31.9 Å². The SMILES string of the molecule is CCCN(CCO)S(=O)(=O)c1cc(Br)sc1Br. The fraction of sp³-hybridized carbons (Fsp3) is 0.556. The van der Waals surface area contributed by atoms with Crippen LogP contribution in [0.15, 0.2) is 18.5 Å². The van der Waals surface area contributed by atoms with Gasteiger partial charge in [-0.3, -0.25) is 0 Å². The molecule has 0 atom stereocenters. The predicted octanol–water partition coefficient (Wildman–Crippen LogP) is 2.67. The van der Waals surface area contributed by atoms with Crippen LogP contribution in [0.3, 0.4) is 0 Å². The van der Waals surface area contributed by atoms with Gasteiger partial charge in [0, 0.05) is 13.1 Å². The highest BCUT2D eigenvalue weighted by atomic mass is 79.9. The first-order chi connectivity index (χ1) is 7.93. The third-order valence-corrected chi connectivity index (χ3v) is 6.72. The van der Waals surface area contributed by atoms with Crippen LogP contribution in [-0.2, 0) is 10.0 Å². The van der Waals surface area contributed by atoms with Gasteiger partial charge in [-0.2, -0.15) is 4.31 Å². The van der Waals surface area contributed by atoms with Crippen molar-refractivity contribution in [1.82, 2.24) is 4.31 Å². The summed E-state index contributed by atoms with van der Waals surface area (Å²) >= 11 is 7.82. The van der Waals surface area contributed by atoms with Crippen LogP contribution in [0.4, 0.5) is 0 Å². The van der Waals surface area contributed by atoms with E-state index in [-0.39, 0.29) is 18.0 Å². The van der Waals surface area contributed by atoms with Gasteiger partial charge in [0.25, 0.3) is 0 Å². The summed E-state index contributed by atoms with van der Waals surface area (Å²) in [6, 6.07) is 1.57. The molecule has 1 aromatic rings. The van der Waals surface area contributed by atoms with E-state index in [1.807, 2.05) is 6.92 Å². The van der Waals surface area contributed by atoms with E-state index < -0.39 is 10.0 Å². The van der Waals surface area contributed by atoms with Crippen LogP contribution in [0.1, 0.15) is 13.3 Å². The van der Waals surface area contributed by atoms with Gasteiger partial charge in [-0.1, -0.05) is 6.92 Å². The Morgan fingerprint density at radius 1 is 1.41 bits per heavy atom. The first kappa shape index (κ1) is 15.6. The average Bonchev–Trinajstić information content (AvgIpc) is 2.58. The van der Waals surface area contributed by atoms with E-state index in [9.17, 15) is 8.42 Å². The van der Waals surface area contributed by atoms with Gasteiger partial charge in [0.1, 0.15) is 4.90 Å². The highest BCUT2D eigenvalue weighted by molar-refractivity contribution is 9.12. The number of halogens is 2. The lowest BCUT2D eigenvalue weighted by Gasteiger charge is -2.20. The molecule has 8 heteroatoms. The standard InChI is InChI=1S/C9H13Br2NO3S2/c1-2-3-12(4-5-13)17(14,15)7-6-8(10)16-9(7)11/h6,13H,2-5H2,1H3. The molecule has 98 valence electrons. The van der Waals surface area contributed by atoms with E-state index in [1.165, 1.54) is 15.6 Å². The zero-order valence-electron chi connectivity index (χ0n) is 9.19. The molecule has 0 aliphatic rings. The lowest BCUT2D eigenvalue weighted by Crippen LogP contribution is -2.34. The second kappa shape index (κ2) is 6.63. The molecule has 0 unspecified atom stereocenters. The molecule has 0 aromatic carbocycles. The third kappa shape index (κ3) is 3.74. The quantitative estimate of drug-likeness (QED) is 0.789. The smallest absolute Gasteiger partial charge is 0.245 e. The lowest BCUT2D eigenvalue weighted by atomic mass is 10.5. The zero-order valence-corrected chi connectivity index (χ0v) is 14.0. The maximum atomic E-state index is 12.3. The maximum absolute atomic E-state index is 12.3. The largest absolute Gasteiger partial charge is 0.395 e. The first-order valence-electron chi connectivity index (χ1n) is 4.99. The van der Waals surface area contributed by atoms with E-state index in [4.69, 9.17) is 5.11 Å². The van der Waals surface area contributed by atoms with Gasteiger partial charge in [0.2, 0.25) is 10.0 Å². The number of aliphatic hydroxyl groups excluding tert-OH is 1. The van der Waals surface area contributed by atoms with Crippen molar-refractivity contribution < 1.29 is 13.5 Å². The molecular formula is C9H13Br2NO3S2. The Balaban J connectivity index is 3.11. The summed E-state index contributed by atoms with van der Waals surface area (Å²) in [6.07, 6.45) is 0.710. The summed E-state index contributed by atoms with van der Waals surface area (Å²) in [7, 11) is -3.53. The van der Waals surface area contributed by atoms with E-state index in [0.717, 1.165) is 3.79 Å². The molecule has 0 spiro atoms. The summed E-state index contributed by atoms with van der Waals surface area (Å²) in [5.41, 5.74) is 0. The predicted molar refractivity (Wildman–Crippen MR) is 75.9 cm³/mol. The van der Waals surface area contributed by atoms with Gasteiger partial charge < -0.3 is 5.11 Å². The summed E-state index contributed by atoms with van der Waals surface area (Å²) < 4.78 is 27.3. The van der Waals surface area contributed by atoms with E-state index in [1.54, 1.807) is 6.07 Å². The molecular weight excluding hydrogens is 394 g/mol. The minimum absolute atomic E-state index is 0.121. The van der Waals surface area contributed by atoms with Crippen LogP contribution in [-0.4, -0.2) is 37.5 Å². The minimum Gasteiger partial charge on any atom is -0.395 e. The van der Waals surface area contributed by atoms with Crippen molar-refractivity contribution in [2.24, 2.45) is 0 Å². The van der Waals surface area contributed by atoms with Gasteiger partial charge in [-0.15, -0.1) is 11.3 Å². The monoisotopic (exact) mass is 405 g/mol. The van der Waals surface area contributed by atoms with Crippen LogP contribution in [0.25, 0.3) is 0 Å². The van der Waals surface area contributed by atoms with Crippen LogP contribution >= 0.6 is 43.2 Å². The first-order valence-corrected chi connectivity index (χ1v) is 8.83. The highest BCUT2D eigenvalue weighted by Gasteiger charge is 2.27. The number of sulfonamides is 1. The molecule has 4 nitrogen and oxygen atoms in total.